The van der Waals surface area contributed by atoms with E-state index in [9.17, 15) is 9.59 Å². The first-order chi connectivity index (χ1) is 11.4. The van der Waals surface area contributed by atoms with E-state index in [2.05, 4.69) is 10.3 Å². The average molecular weight is 349 g/mol. The molecule has 1 unspecified atom stereocenters. The molecule has 2 N–H and O–H groups in total. The molecule has 1 atom stereocenters. The van der Waals surface area contributed by atoms with E-state index in [4.69, 9.17) is 21.4 Å². The van der Waals surface area contributed by atoms with Gasteiger partial charge in [-0.1, -0.05) is 35.9 Å². The number of hydrogen-bond acceptors (Lipinski definition) is 4. The molecule has 0 aliphatic carbocycles. The van der Waals surface area contributed by atoms with Gasteiger partial charge < -0.3 is 15.2 Å². The second-order valence-corrected chi connectivity index (χ2v) is 5.60. The van der Waals surface area contributed by atoms with Crippen molar-refractivity contribution in [2.24, 2.45) is 0 Å². The molecule has 0 radical (unpaired) electrons. The molecule has 1 aromatic heterocycles. The Morgan fingerprint density at radius 1 is 1.38 bits per heavy atom. The van der Waals surface area contributed by atoms with Crippen molar-refractivity contribution in [1.82, 2.24) is 10.3 Å². The number of benzene rings is 1. The van der Waals surface area contributed by atoms with E-state index < -0.39 is 17.9 Å². The van der Waals surface area contributed by atoms with Crippen molar-refractivity contribution in [3.05, 3.63) is 58.2 Å². The fourth-order valence-corrected chi connectivity index (χ4v) is 2.58. The third-order valence-electron chi connectivity index (χ3n) is 3.51. The van der Waals surface area contributed by atoms with Crippen LogP contribution in [0, 0.1) is 6.92 Å². The van der Waals surface area contributed by atoms with Gasteiger partial charge >= 0.3 is 5.97 Å². The number of rotatable bonds is 6. The van der Waals surface area contributed by atoms with Crippen molar-refractivity contribution in [1.29, 1.82) is 0 Å². The van der Waals surface area contributed by atoms with Crippen LogP contribution in [0.2, 0.25) is 5.02 Å². The summed E-state index contributed by atoms with van der Waals surface area (Å²) in [6, 6.07) is 8.08. The van der Waals surface area contributed by atoms with Crippen LogP contribution in [0.5, 0.6) is 5.88 Å². The summed E-state index contributed by atoms with van der Waals surface area (Å²) in [7, 11) is 1.43. The Morgan fingerprint density at radius 2 is 2.08 bits per heavy atom. The largest absolute Gasteiger partial charge is 0.481 e. The van der Waals surface area contributed by atoms with Crippen molar-refractivity contribution in [2.45, 2.75) is 19.4 Å². The van der Waals surface area contributed by atoms with Crippen molar-refractivity contribution in [2.75, 3.05) is 7.11 Å². The van der Waals surface area contributed by atoms with Gasteiger partial charge in [0.1, 0.15) is 5.02 Å². The van der Waals surface area contributed by atoms with Crippen molar-refractivity contribution >= 4 is 23.5 Å². The van der Waals surface area contributed by atoms with E-state index >= 15 is 0 Å². The lowest BCUT2D eigenvalue weighted by Crippen LogP contribution is -2.30. The average Bonchev–Trinajstić information content (AvgIpc) is 2.54. The molecule has 7 heteroatoms. The maximum atomic E-state index is 12.4. The third-order valence-corrected chi connectivity index (χ3v) is 3.78. The normalized spacial score (nSPS) is 11.6. The van der Waals surface area contributed by atoms with E-state index in [1.54, 1.807) is 12.1 Å². The minimum Gasteiger partial charge on any atom is -0.481 e. The lowest BCUT2D eigenvalue weighted by molar-refractivity contribution is -0.137. The fraction of sp³-hybridized carbons (Fsp3) is 0.235. The van der Waals surface area contributed by atoms with E-state index in [0.29, 0.717) is 0 Å². The van der Waals surface area contributed by atoms with Gasteiger partial charge in [-0.3, -0.25) is 9.59 Å². The molecule has 0 bridgehead atoms. The molecular formula is C17H17ClN2O4. The number of methoxy groups -OCH3 is 1. The lowest BCUT2D eigenvalue weighted by atomic mass is 9.98. The second kappa shape index (κ2) is 7.79. The van der Waals surface area contributed by atoms with Crippen molar-refractivity contribution in [3.63, 3.8) is 0 Å². The molecule has 2 aromatic rings. The summed E-state index contributed by atoms with van der Waals surface area (Å²) in [5, 5.41) is 12.1. The first-order valence-electron chi connectivity index (χ1n) is 7.20. The molecule has 0 aliphatic rings. The van der Waals surface area contributed by atoms with Gasteiger partial charge in [-0.25, -0.2) is 4.98 Å². The van der Waals surface area contributed by atoms with Crippen LogP contribution in [0.25, 0.3) is 0 Å². The molecule has 6 nitrogen and oxygen atoms in total. The maximum absolute atomic E-state index is 12.4. The topological polar surface area (TPSA) is 88.5 Å². The summed E-state index contributed by atoms with van der Waals surface area (Å²) >= 11 is 5.98. The number of carboxylic acids is 1. The first-order valence-corrected chi connectivity index (χ1v) is 7.58. The van der Waals surface area contributed by atoms with Gasteiger partial charge in [-0.2, -0.15) is 0 Å². The number of nitrogens with zero attached hydrogens (tertiary/aromatic N) is 1. The number of pyridine rings is 1. The standard InChI is InChI=1S/C17H17ClN2O4/c1-10-5-3-4-6-12(10)14(8-15(21)22)20-16(23)11-7-13(18)17(24-2)19-9-11/h3-7,9,14H,8H2,1-2H3,(H,20,23)(H,21,22). The zero-order chi connectivity index (χ0) is 17.7. The highest BCUT2D eigenvalue weighted by Crippen LogP contribution is 2.24. The van der Waals surface area contributed by atoms with Gasteiger partial charge in [-0.05, 0) is 24.1 Å². The molecule has 0 aliphatic heterocycles. The quantitative estimate of drug-likeness (QED) is 0.837. The van der Waals surface area contributed by atoms with Crippen LogP contribution in [0.15, 0.2) is 36.5 Å². The number of aromatic nitrogens is 1. The van der Waals surface area contributed by atoms with Crippen LogP contribution >= 0.6 is 11.6 Å². The molecule has 1 amide bonds. The Hall–Kier alpha value is -2.60. The monoisotopic (exact) mass is 348 g/mol. The van der Waals surface area contributed by atoms with Crippen LogP contribution in [-0.4, -0.2) is 29.1 Å². The molecule has 0 saturated heterocycles. The summed E-state index contributed by atoms with van der Waals surface area (Å²) in [6.07, 6.45) is 1.10. The number of carbonyl (C=O) groups excluding carboxylic acids is 1. The summed E-state index contributed by atoms with van der Waals surface area (Å²) in [5.74, 6) is -1.25. The smallest absolute Gasteiger partial charge is 0.305 e. The predicted molar refractivity (Wildman–Crippen MR) is 89.4 cm³/mol. The summed E-state index contributed by atoms with van der Waals surface area (Å²) in [5.41, 5.74) is 1.88. The molecule has 126 valence electrons. The highest BCUT2D eigenvalue weighted by Gasteiger charge is 2.21. The SMILES string of the molecule is COc1ncc(C(=O)NC(CC(=O)O)c2ccccc2C)cc1Cl. The lowest BCUT2D eigenvalue weighted by Gasteiger charge is -2.19. The summed E-state index contributed by atoms with van der Waals surface area (Å²) < 4.78 is 4.95. The number of halogens is 1. The number of nitrogens with one attached hydrogen (secondary N) is 1. The van der Waals surface area contributed by atoms with Crippen LogP contribution in [0.3, 0.4) is 0 Å². The molecule has 2 rings (SSSR count). The third kappa shape index (κ3) is 4.23. The molecule has 0 saturated carbocycles. The zero-order valence-corrected chi connectivity index (χ0v) is 14.0. The van der Waals surface area contributed by atoms with Gasteiger partial charge in [0.25, 0.3) is 5.91 Å². The Balaban J connectivity index is 2.26. The van der Waals surface area contributed by atoms with Crippen molar-refractivity contribution in [3.8, 4) is 5.88 Å². The van der Waals surface area contributed by atoms with E-state index in [-0.39, 0.29) is 22.9 Å². The summed E-state index contributed by atoms with van der Waals surface area (Å²) in [4.78, 5) is 27.5. The van der Waals surface area contributed by atoms with Gasteiger partial charge in [0, 0.05) is 6.20 Å². The van der Waals surface area contributed by atoms with E-state index in [0.717, 1.165) is 11.1 Å². The maximum Gasteiger partial charge on any atom is 0.305 e. The molecule has 0 fully saturated rings. The predicted octanol–water partition coefficient (Wildman–Crippen LogP) is 3.00. The fourth-order valence-electron chi connectivity index (χ4n) is 2.33. The molecule has 0 spiro atoms. The van der Waals surface area contributed by atoms with Gasteiger partial charge in [-0.15, -0.1) is 0 Å². The first kappa shape index (κ1) is 17.7. The van der Waals surface area contributed by atoms with Crippen LogP contribution in [0.4, 0.5) is 0 Å². The molecule has 1 heterocycles. The number of hydrogen-bond donors (Lipinski definition) is 2. The van der Waals surface area contributed by atoms with Crippen LogP contribution < -0.4 is 10.1 Å². The highest BCUT2D eigenvalue weighted by molar-refractivity contribution is 6.32. The highest BCUT2D eigenvalue weighted by atomic mass is 35.5. The van der Waals surface area contributed by atoms with Gasteiger partial charge in [0.05, 0.1) is 25.1 Å². The Kier molecular flexibility index (Phi) is 5.76. The number of aliphatic carboxylic acids is 1. The number of carboxylic acid groups (broad SMARTS) is 1. The second-order valence-electron chi connectivity index (χ2n) is 5.20. The summed E-state index contributed by atoms with van der Waals surface area (Å²) in [6.45, 7) is 1.86. The number of amides is 1. The van der Waals surface area contributed by atoms with Crippen LogP contribution in [-0.2, 0) is 4.79 Å². The minimum absolute atomic E-state index is 0.204. The number of aryl methyl sites for hydroxylation is 1. The van der Waals surface area contributed by atoms with Gasteiger partial charge in [0.15, 0.2) is 0 Å². The molecule has 1 aromatic carbocycles. The zero-order valence-electron chi connectivity index (χ0n) is 13.2. The minimum atomic E-state index is -1.01. The molecular weight excluding hydrogens is 332 g/mol. The van der Waals surface area contributed by atoms with Crippen LogP contribution in [0.1, 0.15) is 33.9 Å². The van der Waals surface area contributed by atoms with E-state index in [1.165, 1.54) is 19.4 Å². The van der Waals surface area contributed by atoms with E-state index in [1.807, 2.05) is 19.1 Å². The Bertz CT molecular complexity index is 764. The Labute approximate surface area is 144 Å². The van der Waals surface area contributed by atoms with Gasteiger partial charge in [0.2, 0.25) is 5.88 Å². The van der Waals surface area contributed by atoms with Crippen molar-refractivity contribution < 1.29 is 19.4 Å². The Morgan fingerprint density at radius 3 is 2.67 bits per heavy atom. The molecule has 24 heavy (non-hydrogen) atoms. The number of carbonyl (C=O) groups is 2. The number of ether oxygens (including phenoxy) is 1.